The van der Waals surface area contributed by atoms with E-state index in [4.69, 9.17) is 0 Å². The molecule has 1 saturated heterocycles. The maximum atomic E-state index is 4.29. The van der Waals surface area contributed by atoms with Gasteiger partial charge in [-0.15, -0.1) is 5.10 Å². The van der Waals surface area contributed by atoms with E-state index in [2.05, 4.69) is 37.8 Å². The maximum absolute atomic E-state index is 4.29. The minimum Gasteiger partial charge on any atom is -0.354 e. The van der Waals surface area contributed by atoms with E-state index in [1.165, 1.54) is 18.4 Å². The normalized spacial score (nSPS) is 19.0. The van der Waals surface area contributed by atoms with Gasteiger partial charge in [0, 0.05) is 44.5 Å². The molecular weight excluding hydrogens is 264 g/mol. The van der Waals surface area contributed by atoms with Crippen molar-refractivity contribution in [2.45, 2.75) is 32.4 Å². The Balaban J connectivity index is 1.56. The number of aromatic nitrogens is 4. The number of nitrogens with zero attached hydrogens (tertiary/aromatic N) is 5. The lowest BCUT2D eigenvalue weighted by atomic mass is 10.1. The van der Waals surface area contributed by atoms with Crippen LogP contribution in [0.1, 0.15) is 24.1 Å². The first kappa shape index (κ1) is 14.0. The lowest BCUT2D eigenvalue weighted by Gasteiger charge is -2.33. The van der Waals surface area contributed by atoms with E-state index in [-0.39, 0.29) is 0 Å². The zero-order valence-corrected chi connectivity index (χ0v) is 12.7. The number of aryl methyl sites for hydroxylation is 2. The van der Waals surface area contributed by atoms with E-state index in [0.717, 1.165) is 31.1 Å². The van der Waals surface area contributed by atoms with Crippen molar-refractivity contribution in [3.8, 4) is 0 Å². The summed E-state index contributed by atoms with van der Waals surface area (Å²) in [6, 6.07) is 4.57. The number of hydrogen-bond donors (Lipinski definition) is 1. The molecule has 0 aliphatic carbocycles. The summed E-state index contributed by atoms with van der Waals surface area (Å²) in [6.45, 7) is 4.87. The molecule has 0 unspecified atom stereocenters. The molecule has 0 bridgehead atoms. The van der Waals surface area contributed by atoms with Crippen molar-refractivity contribution < 1.29 is 0 Å². The molecule has 0 radical (unpaired) electrons. The molecule has 1 fully saturated rings. The molecule has 21 heavy (non-hydrogen) atoms. The van der Waals surface area contributed by atoms with Crippen LogP contribution in [0, 0.1) is 6.92 Å². The highest BCUT2D eigenvalue weighted by Gasteiger charge is 2.20. The summed E-state index contributed by atoms with van der Waals surface area (Å²) in [5.41, 5.74) is 2.19. The third-order valence-corrected chi connectivity index (χ3v) is 3.88. The van der Waals surface area contributed by atoms with Gasteiger partial charge in [0.1, 0.15) is 0 Å². The summed E-state index contributed by atoms with van der Waals surface area (Å²) in [6.07, 6.45) is 6.36. The van der Waals surface area contributed by atoms with Crippen molar-refractivity contribution in [3.63, 3.8) is 0 Å². The molecule has 3 heterocycles. The minimum absolute atomic E-state index is 0.488. The summed E-state index contributed by atoms with van der Waals surface area (Å²) in [5, 5.41) is 16.3. The number of piperidine rings is 1. The Morgan fingerprint density at radius 2 is 2.24 bits per heavy atom. The van der Waals surface area contributed by atoms with Gasteiger partial charge < -0.3 is 10.2 Å². The van der Waals surface area contributed by atoms with E-state index >= 15 is 0 Å². The van der Waals surface area contributed by atoms with Crippen LogP contribution in [-0.4, -0.2) is 39.1 Å². The van der Waals surface area contributed by atoms with Crippen molar-refractivity contribution in [2.75, 3.05) is 18.0 Å². The number of hydrogen-bond acceptors (Lipinski definition) is 5. The highest BCUT2D eigenvalue weighted by atomic mass is 15.3. The molecule has 3 rings (SSSR count). The van der Waals surface area contributed by atoms with Gasteiger partial charge in [0.25, 0.3) is 0 Å². The van der Waals surface area contributed by atoms with Gasteiger partial charge in [0.2, 0.25) is 0 Å². The Kier molecular flexibility index (Phi) is 4.15. The van der Waals surface area contributed by atoms with Crippen LogP contribution < -0.4 is 10.2 Å². The summed E-state index contributed by atoms with van der Waals surface area (Å²) in [7, 11) is 1.95. The van der Waals surface area contributed by atoms with Crippen LogP contribution in [0.5, 0.6) is 0 Å². The standard InChI is InChI=1S/C15H22N6/c1-12-5-6-15(19-18-12)21-7-3-4-14(11-21)16-8-13-9-17-20(2)10-13/h5-6,9-10,14,16H,3-4,7-8,11H2,1-2H3/t14-/m1/s1. The van der Waals surface area contributed by atoms with Gasteiger partial charge >= 0.3 is 0 Å². The van der Waals surface area contributed by atoms with Crippen LogP contribution in [0.25, 0.3) is 0 Å². The van der Waals surface area contributed by atoms with Gasteiger partial charge in [0.15, 0.2) is 5.82 Å². The van der Waals surface area contributed by atoms with Gasteiger partial charge in [-0.3, -0.25) is 4.68 Å². The lowest BCUT2D eigenvalue weighted by Crippen LogP contribution is -2.45. The molecule has 0 amide bonds. The smallest absolute Gasteiger partial charge is 0.151 e. The fourth-order valence-electron chi connectivity index (χ4n) is 2.74. The van der Waals surface area contributed by atoms with Gasteiger partial charge in [-0.25, -0.2) is 0 Å². The summed E-state index contributed by atoms with van der Waals surface area (Å²) in [4.78, 5) is 2.32. The zero-order valence-electron chi connectivity index (χ0n) is 12.7. The summed E-state index contributed by atoms with van der Waals surface area (Å²) < 4.78 is 1.84. The molecule has 1 atom stereocenters. The van der Waals surface area contributed by atoms with E-state index < -0.39 is 0 Å². The Morgan fingerprint density at radius 3 is 2.95 bits per heavy atom. The molecule has 2 aromatic heterocycles. The second-order valence-electron chi connectivity index (χ2n) is 5.72. The quantitative estimate of drug-likeness (QED) is 0.917. The first-order valence-corrected chi connectivity index (χ1v) is 7.47. The minimum atomic E-state index is 0.488. The molecule has 6 nitrogen and oxygen atoms in total. The van der Waals surface area contributed by atoms with Gasteiger partial charge in [-0.05, 0) is 31.9 Å². The van der Waals surface area contributed by atoms with Crippen LogP contribution in [0.3, 0.4) is 0 Å². The van der Waals surface area contributed by atoms with Crippen molar-refractivity contribution in [1.82, 2.24) is 25.3 Å². The largest absolute Gasteiger partial charge is 0.354 e. The van der Waals surface area contributed by atoms with Crippen LogP contribution in [0.4, 0.5) is 5.82 Å². The Hall–Kier alpha value is -1.95. The van der Waals surface area contributed by atoms with Gasteiger partial charge in [0.05, 0.1) is 11.9 Å². The van der Waals surface area contributed by atoms with Crippen LogP contribution in [0.15, 0.2) is 24.5 Å². The van der Waals surface area contributed by atoms with E-state index in [1.54, 1.807) is 0 Å². The van der Waals surface area contributed by atoms with Crippen molar-refractivity contribution in [2.24, 2.45) is 7.05 Å². The third kappa shape index (κ3) is 3.58. The van der Waals surface area contributed by atoms with Gasteiger partial charge in [-0.2, -0.15) is 10.2 Å². The number of anilines is 1. The van der Waals surface area contributed by atoms with E-state index in [1.807, 2.05) is 30.9 Å². The Bertz CT molecular complexity index is 576. The van der Waals surface area contributed by atoms with Crippen LogP contribution in [0.2, 0.25) is 0 Å². The molecule has 0 saturated carbocycles. The molecule has 0 spiro atoms. The first-order chi connectivity index (χ1) is 10.2. The fourth-order valence-corrected chi connectivity index (χ4v) is 2.74. The van der Waals surface area contributed by atoms with E-state index in [0.29, 0.717) is 6.04 Å². The highest BCUT2D eigenvalue weighted by molar-refractivity contribution is 5.38. The SMILES string of the molecule is Cc1ccc(N2CCC[C@@H](NCc3cnn(C)c3)C2)nn1. The van der Waals surface area contributed by atoms with Crippen LogP contribution in [-0.2, 0) is 13.6 Å². The number of nitrogens with one attached hydrogen (secondary N) is 1. The fraction of sp³-hybridized carbons (Fsp3) is 0.533. The monoisotopic (exact) mass is 286 g/mol. The second kappa shape index (κ2) is 6.22. The predicted octanol–water partition coefficient (Wildman–Crippen LogP) is 1.28. The number of rotatable bonds is 4. The average molecular weight is 286 g/mol. The van der Waals surface area contributed by atoms with Crippen molar-refractivity contribution in [1.29, 1.82) is 0 Å². The summed E-state index contributed by atoms with van der Waals surface area (Å²) in [5.74, 6) is 0.980. The molecule has 0 aromatic carbocycles. The van der Waals surface area contributed by atoms with Gasteiger partial charge in [-0.1, -0.05) is 0 Å². The second-order valence-corrected chi connectivity index (χ2v) is 5.72. The molecule has 1 aliphatic rings. The highest BCUT2D eigenvalue weighted by Crippen LogP contribution is 2.17. The molecule has 1 aliphatic heterocycles. The molecular formula is C15H22N6. The molecule has 2 aromatic rings. The summed E-state index contributed by atoms with van der Waals surface area (Å²) >= 11 is 0. The van der Waals surface area contributed by atoms with Crippen molar-refractivity contribution >= 4 is 5.82 Å². The third-order valence-electron chi connectivity index (χ3n) is 3.88. The first-order valence-electron chi connectivity index (χ1n) is 7.47. The maximum Gasteiger partial charge on any atom is 0.151 e. The molecule has 6 heteroatoms. The van der Waals surface area contributed by atoms with Crippen LogP contribution >= 0.6 is 0 Å². The topological polar surface area (TPSA) is 58.9 Å². The van der Waals surface area contributed by atoms with E-state index in [9.17, 15) is 0 Å². The molecule has 112 valence electrons. The lowest BCUT2D eigenvalue weighted by molar-refractivity contribution is 0.419. The Morgan fingerprint density at radius 1 is 1.33 bits per heavy atom. The average Bonchev–Trinajstić information content (AvgIpc) is 2.92. The van der Waals surface area contributed by atoms with Crippen molar-refractivity contribution in [3.05, 3.63) is 35.8 Å². The Labute approximate surface area is 125 Å². The molecule has 1 N–H and O–H groups in total. The predicted molar refractivity (Wildman–Crippen MR) is 82.1 cm³/mol. The zero-order chi connectivity index (χ0) is 14.7.